The number of nitrogens with zero attached hydrogens (tertiary/aromatic N) is 2. The number of amides is 2. The Balaban J connectivity index is 2.06. The average Bonchev–Trinajstić information content (AvgIpc) is 2.53. The van der Waals surface area contributed by atoms with E-state index in [1.54, 1.807) is 42.6 Å². The first-order chi connectivity index (χ1) is 11.0. The molecule has 2 heterocycles. The van der Waals surface area contributed by atoms with Gasteiger partial charge in [-0.3, -0.25) is 19.5 Å². The number of hydrogen-bond donors (Lipinski definition) is 2. The van der Waals surface area contributed by atoms with Crippen LogP contribution in [0.3, 0.4) is 0 Å². The molecule has 0 fully saturated rings. The Bertz CT molecular complexity index is 802. The van der Waals surface area contributed by atoms with Crippen molar-refractivity contribution in [2.75, 3.05) is 17.2 Å². The third kappa shape index (κ3) is 2.98. The zero-order valence-electron chi connectivity index (χ0n) is 12.1. The van der Waals surface area contributed by atoms with Crippen LogP contribution in [0.15, 0.2) is 48.4 Å². The third-order valence-corrected chi connectivity index (χ3v) is 3.23. The van der Waals surface area contributed by atoms with Crippen LogP contribution in [-0.2, 0) is 9.59 Å². The predicted octanol–water partition coefficient (Wildman–Crippen LogP) is 0.916. The van der Waals surface area contributed by atoms with Gasteiger partial charge in [0.1, 0.15) is 6.54 Å². The van der Waals surface area contributed by atoms with Crippen LogP contribution in [0.25, 0.3) is 6.08 Å². The number of carbonyl (C=O) groups is 2. The van der Waals surface area contributed by atoms with E-state index in [0.29, 0.717) is 22.8 Å². The standard InChI is InChI=1S/C16H14N4O3/c17-10-4-5-13-12(7-10)20(9-15(18)21)16(22)14(23-13)8-11-3-1-2-6-19-11/h1-8H,9,17H2,(H2,18,21)/b14-8+. The van der Waals surface area contributed by atoms with Crippen molar-refractivity contribution in [2.45, 2.75) is 0 Å². The number of pyridine rings is 1. The molecule has 23 heavy (non-hydrogen) atoms. The van der Waals surface area contributed by atoms with Crippen molar-refractivity contribution in [1.82, 2.24) is 4.98 Å². The van der Waals surface area contributed by atoms with Gasteiger partial charge in [0.25, 0.3) is 5.91 Å². The summed E-state index contributed by atoms with van der Waals surface area (Å²) in [5.41, 5.74) is 12.4. The van der Waals surface area contributed by atoms with Crippen LogP contribution in [0, 0.1) is 0 Å². The lowest BCUT2D eigenvalue weighted by Gasteiger charge is -2.29. The molecule has 0 radical (unpaired) electrons. The summed E-state index contributed by atoms with van der Waals surface area (Å²) >= 11 is 0. The second kappa shape index (κ2) is 5.80. The summed E-state index contributed by atoms with van der Waals surface area (Å²) in [6, 6.07) is 10.1. The van der Waals surface area contributed by atoms with Crippen molar-refractivity contribution in [3.8, 4) is 5.75 Å². The van der Waals surface area contributed by atoms with Gasteiger partial charge in [-0.05, 0) is 30.3 Å². The molecule has 4 N–H and O–H groups in total. The van der Waals surface area contributed by atoms with E-state index in [0.717, 1.165) is 0 Å². The van der Waals surface area contributed by atoms with E-state index in [2.05, 4.69) is 4.98 Å². The SMILES string of the molecule is NC(=O)CN1C(=O)/C(=C\c2ccccn2)Oc2ccc(N)cc21. The number of hydrogen-bond acceptors (Lipinski definition) is 5. The second-order valence-corrected chi connectivity index (χ2v) is 4.95. The van der Waals surface area contributed by atoms with Gasteiger partial charge in [0, 0.05) is 18.0 Å². The Morgan fingerprint density at radius 1 is 1.30 bits per heavy atom. The summed E-state index contributed by atoms with van der Waals surface area (Å²) in [4.78, 5) is 29.3. The molecule has 2 amide bonds. The van der Waals surface area contributed by atoms with Crippen LogP contribution < -0.4 is 21.1 Å². The fourth-order valence-corrected chi connectivity index (χ4v) is 2.24. The third-order valence-electron chi connectivity index (χ3n) is 3.23. The van der Waals surface area contributed by atoms with Crippen molar-refractivity contribution in [3.05, 3.63) is 54.0 Å². The first-order valence-corrected chi connectivity index (χ1v) is 6.85. The quantitative estimate of drug-likeness (QED) is 0.646. The highest BCUT2D eigenvalue weighted by atomic mass is 16.5. The first kappa shape index (κ1) is 14.6. The van der Waals surface area contributed by atoms with Crippen molar-refractivity contribution < 1.29 is 14.3 Å². The maximum Gasteiger partial charge on any atom is 0.294 e. The number of benzene rings is 1. The van der Waals surface area contributed by atoms with E-state index in [4.69, 9.17) is 16.2 Å². The number of rotatable bonds is 3. The largest absolute Gasteiger partial charge is 0.449 e. The second-order valence-electron chi connectivity index (χ2n) is 4.95. The Hall–Kier alpha value is -3.35. The van der Waals surface area contributed by atoms with Crippen molar-refractivity contribution in [2.24, 2.45) is 5.73 Å². The lowest BCUT2D eigenvalue weighted by molar-refractivity contribution is -0.121. The minimum Gasteiger partial charge on any atom is -0.449 e. The molecule has 0 bridgehead atoms. The topological polar surface area (TPSA) is 112 Å². The van der Waals surface area contributed by atoms with Crippen LogP contribution in [0.4, 0.5) is 11.4 Å². The molecule has 1 aliphatic heterocycles. The molecule has 116 valence electrons. The van der Waals surface area contributed by atoms with Gasteiger partial charge in [-0.2, -0.15) is 0 Å². The summed E-state index contributed by atoms with van der Waals surface area (Å²) in [6.45, 7) is -0.266. The van der Waals surface area contributed by atoms with Gasteiger partial charge >= 0.3 is 0 Å². The number of ether oxygens (including phenoxy) is 1. The van der Waals surface area contributed by atoms with E-state index in [9.17, 15) is 9.59 Å². The molecular formula is C16H14N4O3. The van der Waals surface area contributed by atoms with Gasteiger partial charge in [-0.15, -0.1) is 0 Å². The minimum absolute atomic E-state index is 0.0576. The van der Waals surface area contributed by atoms with Crippen LogP contribution in [-0.4, -0.2) is 23.3 Å². The van der Waals surface area contributed by atoms with Gasteiger partial charge < -0.3 is 16.2 Å². The molecular weight excluding hydrogens is 296 g/mol. The molecule has 2 aromatic rings. The monoisotopic (exact) mass is 310 g/mol. The first-order valence-electron chi connectivity index (χ1n) is 6.85. The summed E-state index contributed by atoms with van der Waals surface area (Å²) < 4.78 is 5.64. The smallest absolute Gasteiger partial charge is 0.294 e. The molecule has 0 spiro atoms. The molecule has 0 saturated heterocycles. The van der Waals surface area contributed by atoms with Crippen LogP contribution >= 0.6 is 0 Å². The summed E-state index contributed by atoms with van der Waals surface area (Å²) in [6.07, 6.45) is 3.12. The number of carbonyl (C=O) groups excluding carboxylic acids is 2. The van der Waals surface area contributed by atoms with Crippen LogP contribution in [0.1, 0.15) is 5.69 Å². The van der Waals surface area contributed by atoms with Crippen molar-refractivity contribution in [1.29, 1.82) is 0 Å². The molecule has 3 rings (SSSR count). The summed E-state index contributed by atoms with van der Waals surface area (Å²) in [5, 5.41) is 0. The lowest BCUT2D eigenvalue weighted by atomic mass is 10.1. The number of nitrogen functional groups attached to an aromatic ring is 1. The Labute approximate surface area is 132 Å². The molecule has 1 aliphatic rings. The molecule has 0 aliphatic carbocycles. The number of primary amides is 1. The molecule has 0 atom stereocenters. The Morgan fingerprint density at radius 3 is 2.83 bits per heavy atom. The number of anilines is 2. The van der Waals surface area contributed by atoms with Gasteiger partial charge in [-0.25, -0.2) is 0 Å². The maximum absolute atomic E-state index is 12.6. The Morgan fingerprint density at radius 2 is 2.13 bits per heavy atom. The molecule has 7 heteroatoms. The lowest BCUT2D eigenvalue weighted by Crippen LogP contribution is -2.42. The fourth-order valence-electron chi connectivity index (χ4n) is 2.24. The zero-order valence-corrected chi connectivity index (χ0v) is 12.1. The predicted molar refractivity (Wildman–Crippen MR) is 85.2 cm³/mol. The van der Waals surface area contributed by atoms with E-state index in [1.165, 1.54) is 11.0 Å². The van der Waals surface area contributed by atoms with Gasteiger partial charge in [-0.1, -0.05) is 6.07 Å². The van der Waals surface area contributed by atoms with Gasteiger partial charge in [0.2, 0.25) is 5.91 Å². The molecule has 0 unspecified atom stereocenters. The van der Waals surface area contributed by atoms with Crippen molar-refractivity contribution in [3.63, 3.8) is 0 Å². The van der Waals surface area contributed by atoms with Crippen LogP contribution in [0.2, 0.25) is 0 Å². The highest BCUT2D eigenvalue weighted by molar-refractivity contribution is 6.12. The number of fused-ring (bicyclic) bond motifs is 1. The minimum atomic E-state index is -0.634. The normalized spacial score (nSPS) is 15.2. The van der Waals surface area contributed by atoms with Crippen LogP contribution in [0.5, 0.6) is 5.75 Å². The summed E-state index contributed by atoms with van der Waals surface area (Å²) in [5.74, 6) is -0.636. The van der Waals surface area contributed by atoms with Crippen molar-refractivity contribution >= 4 is 29.3 Å². The number of nitrogens with two attached hydrogens (primary N) is 2. The molecule has 7 nitrogen and oxygen atoms in total. The molecule has 1 aromatic heterocycles. The van der Waals surface area contributed by atoms with E-state index in [1.807, 2.05) is 0 Å². The Kier molecular flexibility index (Phi) is 3.68. The van der Waals surface area contributed by atoms with E-state index in [-0.39, 0.29) is 12.3 Å². The van der Waals surface area contributed by atoms with Gasteiger partial charge in [0.05, 0.1) is 11.4 Å². The average molecular weight is 310 g/mol. The number of aromatic nitrogens is 1. The highest BCUT2D eigenvalue weighted by Crippen LogP contribution is 2.37. The van der Waals surface area contributed by atoms with E-state index < -0.39 is 11.8 Å². The molecule has 1 aromatic carbocycles. The summed E-state index contributed by atoms with van der Waals surface area (Å²) in [7, 11) is 0. The zero-order chi connectivity index (χ0) is 16.4. The fraction of sp³-hybridized carbons (Fsp3) is 0.0625. The van der Waals surface area contributed by atoms with Gasteiger partial charge in [0.15, 0.2) is 11.5 Å². The highest BCUT2D eigenvalue weighted by Gasteiger charge is 2.31. The van der Waals surface area contributed by atoms with E-state index >= 15 is 0 Å². The molecule has 0 saturated carbocycles. The maximum atomic E-state index is 12.6.